The lowest BCUT2D eigenvalue weighted by Gasteiger charge is -2.09. The smallest absolute Gasteiger partial charge is 0.205 e. The van der Waals surface area contributed by atoms with Crippen LogP contribution in [0.4, 0.5) is 0 Å². The molecule has 0 aliphatic heterocycles. The van der Waals surface area contributed by atoms with Gasteiger partial charge in [-0.15, -0.1) is 10.2 Å². The van der Waals surface area contributed by atoms with Crippen molar-refractivity contribution in [2.75, 3.05) is 5.75 Å². The van der Waals surface area contributed by atoms with E-state index < -0.39 is 5.97 Å². The molecule has 2 aromatic heterocycles. The normalized spacial score (nSPS) is 10.7. The third-order valence-electron chi connectivity index (χ3n) is 2.71. The molecule has 3 rings (SSSR count). The number of aliphatic carboxylic acids is 1. The molecule has 0 aliphatic carbocycles. The summed E-state index contributed by atoms with van der Waals surface area (Å²) in [5.41, 5.74) is 0.828. The number of carbonyl (C=O) groups excluding carboxylic acids is 1. The summed E-state index contributed by atoms with van der Waals surface area (Å²) >= 11 is 1.05. The molecule has 0 atom stereocenters. The highest BCUT2D eigenvalue weighted by atomic mass is 32.2. The van der Waals surface area contributed by atoms with E-state index in [0.717, 1.165) is 17.4 Å². The van der Waals surface area contributed by atoms with E-state index in [2.05, 4.69) is 10.2 Å². The molecule has 106 valence electrons. The lowest BCUT2D eigenvalue weighted by Crippen LogP contribution is -2.24. The maximum absolute atomic E-state index is 10.6. The topological polar surface area (TPSA) is 84.0 Å². The second-order valence-corrected chi connectivity index (χ2v) is 5.06. The number of carboxylic acid groups (broad SMARTS) is 1. The second kappa shape index (κ2) is 5.84. The minimum atomic E-state index is -1.15. The summed E-state index contributed by atoms with van der Waals surface area (Å²) < 4.78 is 7.12. The Morgan fingerprint density at radius 3 is 2.67 bits per heavy atom. The molecule has 21 heavy (non-hydrogen) atoms. The van der Waals surface area contributed by atoms with Crippen molar-refractivity contribution in [1.82, 2.24) is 14.8 Å². The van der Waals surface area contributed by atoms with E-state index in [4.69, 9.17) is 4.42 Å². The number of carbonyl (C=O) groups is 1. The lowest BCUT2D eigenvalue weighted by atomic mass is 10.3. The summed E-state index contributed by atoms with van der Waals surface area (Å²) in [6, 6.07) is 13.0. The van der Waals surface area contributed by atoms with Crippen LogP contribution < -0.4 is 5.11 Å². The molecule has 0 bridgehead atoms. The number of carboxylic acids is 1. The predicted octanol–water partition coefficient (Wildman–Crippen LogP) is 1.37. The number of benzene rings is 1. The van der Waals surface area contributed by atoms with Gasteiger partial charge in [-0.05, 0) is 24.3 Å². The highest BCUT2D eigenvalue weighted by Crippen LogP contribution is 2.27. The quantitative estimate of drug-likeness (QED) is 0.662. The summed E-state index contributed by atoms with van der Waals surface area (Å²) in [5.74, 6) is -0.260. The summed E-state index contributed by atoms with van der Waals surface area (Å²) in [6.45, 7) is 0. The Kier molecular flexibility index (Phi) is 3.74. The lowest BCUT2D eigenvalue weighted by molar-refractivity contribution is -0.301. The first-order valence-corrected chi connectivity index (χ1v) is 7.11. The van der Waals surface area contributed by atoms with Crippen molar-refractivity contribution < 1.29 is 14.3 Å². The highest BCUT2D eigenvalue weighted by molar-refractivity contribution is 7.99. The average molecular weight is 300 g/mol. The molecule has 0 saturated heterocycles. The molecule has 6 nitrogen and oxygen atoms in total. The second-order valence-electron chi connectivity index (χ2n) is 4.12. The monoisotopic (exact) mass is 300 g/mol. The van der Waals surface area contributed by atoms with Gasteiger partial charge in [0.05, 0.1) is 12.2 Å². The van der Waals surface area contributed by atoms with Gasteiger partial charge >= 0.3 is 0 Å². The van der Waals surface area contributed by atoms with Crippen molar-refractivity contribution in [3.8, 4) is 17.3 Å². The molecular formula is C14H10N3O3S-. The number of rotatable bonds is 5. The average Bonchev–Trinajstić information content (AvgIpc) is 3.15. The van der Waals surface area contributed by atoms with Gasteiger partial charge < -0.3 is 14.3 Å². The first-order valence-electron chi connectivity index (χ1n) is 6.13. The molecule has 0 spiro atoms. The Morgan fingerprint density at radius 1 is 1.19 bits per heavy atom. The van der Waals surface area contributed by atoms with Crippen LogP contribution in [0.25, 0.3) is 17.3 Å². The van der Waals surface area contributed by atoms with Gasteiger partial charge in [0.1, 0.15) is 0 Å². The van der Waals surface area contributed by atoms with Gasteiger partial charge in [-0.3, -0.25) is 4.57 Å². The first kappa shape index (κ1) is 13.4. The largest absolute Gasteiger partial charge is 0.549 e. The van der Waals surface area contributed by atoms with Gasteiger partial charge in [-0.25, -0.2) is 0 Å². The summed E-state index contributed by atoms with van der Waals surface area (Å²) in [6.07, 6.45) is 1.55. The van der Waals surface area contributed by atoms with E-state index in [1.807, 2.05) is 30.3 Å². The van der Waals surface area contributed by atoms with Crippen molar-refractivity contribution in [1.29, 1.82) is 0 Å². The SMILES string of the molecule is O=C([O-])CSc1nnc(-c2ccco2)n1-c1ccccc1. The van der Waals surface area contributed by atoms with E-state index in [1.165, 1.54) is 0 Å². The molecule has 0 amide bonds. The molecule has 0 fully saturated rings. The fourth-order valence-corrected chi connectivity index (χ4v) is 2.53. The van der Waals surface area contributed by atoms with Crippen LogP contribution >= 0.6 is 11.8 Å². The molecule has 3 aromatic rings. The number of para-hydroxylation sites is 1. The maximum atomic E-state index is 10.6. The number of furan rings is 1. The van der Waals surface area contributed by atoms with Crippen molar-refractivity contribution >= 4 is 17.7 Å². The van der Waals surface area contributed by atoms with Crippen LogP contribution in [0.1, 0.15) is 0 Å². The fourth-order valence-electron chi connectivity index (χ4n) is 1.86. The van der Waals surface area contributed by atoms with Gasteiger partial charge in [0.15, 0.2) is 10.9 Å². The Morgan fingerprint density at radius 2 is 2.00 bits per heavy atom. The first-order chi connectivity index (χ1) is 10.3. The standard InChI is InChI=1S/C14H11N3O3S/c18-12(19)9-21-14-16-15-13(11-7-4-8-20-11)17(14)10-5-2-1-3-6-10/h1-8H,9H2,(H,18,19)/p-1. The molecular weight excluding hydrogens is 290 g/mol. The number of hydrogen-bond acceptors (Lipinski definition) is 6. The zero-order chi connectivity index (χ0) is 14.7. The number of thioether (sulfide) groups is 1. The third kappa shape index (κ3) is 2.82. The van der Waals surface area contributed by atoms with E-state index in [1.54, 1.807) is 23.0 Å². The summed E-state index contributed by atoms with van der Waals surface area (Å²) in [4.78, 5) is 10.6. The molecule has 7 heteroatoms. The van der Waals surface area contributed by atoms with Gasteiger partial charge in [0, 0.05) is 11.4 Å². The molecule has 0 N–H and O–H groups in total. The Labute approximate surface area is 124 Å². The summed E-state index contributed by atoms with van der Waals surface area (Å²) in [7, 11) is 0. The molecule has 0 radical (unpaired) electrons. The van der Waals surface area contributed by atoms with Crippen LogP contribution in [0, 0.1) is 0 Å². The minimum absolute atomic E-state index is 0.191. The zero-order valence-corrected chi connectivity index (χ0v) is 11.6. The van der Waals surface area contributed by atoms with E-state index in [9.17, 15) is 9.90 Å². The Hall–Kier alpha value is -2.54. The van der Waals surface area contributed by atoms with Crippen molar-refractivity contribution in [2.45, 2.75) is 5.16 Å². The van der Waals surface area contributed by atoms with Crippen LogP contribution in [-0.4, -0.2) is 26.5 Å². The molecule has 0 aliphatic rings. The van der Waals surface area contributed by atoms with E-state index in [-0.39, 0.29) is 5.75 Å². The Balaban J connectivity index is 2.08. The summed E-state index contributed by atoms with van der Waals surface area (Å²) in [5, 5.41) is 19.3. The molecule has 1 aromatic carbocycles. The van der Waals surface area contributed by atoms with Crippen LogP contribution in [0.5, 0.6) is 0 Å². The molecule has 2 heterocycles. The number of hydrogen-bond donors (Lipinski definition) is 0. The van der Waals surface area contributed by atoms with Crippen LogP contribution in [-0.2, 0) is 4.79 Å². The van der Waals surface area contributed by atoms with Crippen molar-refractivity contribution in [3.63, 3.8) is 0 Å². The minimum Gasteiger partial charge on any atom is -0.549 e. The van der Waals surface area contributed by atoms with E-state index >= 15 is 0 Å². The van der Waals surface area contributed by atoms with E-state index in [0.29, 0.717) is 16.7 Å². The number of nitrogens with zero attached hydrogens (tertiary/aromatic N) is 3. The predicted molar refractivity (Wildman–Crippen MR) is 74.8 cm³/mol. The zero-order valence-electron chi connectivity index (χ0n) is 10.8. The molecule has 0 unspecified atom stereocenters. The number of aromatic nitrogens is 3. The van der Waals surface area contributed by atoms with Crippen molar-refractivity contribution in [2.24, 2.45) is 0 Å². The Bertz CT molecular complexity index is 738. The van der Waals surface area contributed by atoms with Gasteiger partial charge in [-0.1, -0.05) is 30.0 Å². The van der Waals surface area contributed by atoms with Gasteiger partial charge in [0.25, 0.3) is 0 Å². The van der Waals surface area contributed by atoms with Crippen LogP contribution in [0.2, 0.25) is 0 Å². The maximum Gasteiger partial charge on any atom is 0.205 e. The third-order valence-corrected chi connectivity index (χ3v) is 3.61. The highest BCUT2D eigenvalue weighted by Gasteiger charge is 2.17. The fraction of sp³-hybridized carbons (Fsp3) is 0.0714. The van der Waals surface area contributed by atoms with Gasteiger partial charge in [-0.2, -0.15) is 0 Å². The van der Waals surface area contributed by atoms with Gasteiger partial charge in [0.2, 0.25) is 5.82 Å². The molecule has 0 saturated carbocycles. The van der Waals surface area contributed by atoms with Crippen LogP contribution in [0.15, 0.2) is 58.3 Å². The van der Waals surface area contributed by atoms with Crippen molar-refractivity contribution in [3.05, 3.63) is 48.7 Å². The van der Waals surface area contributed by atoms with Crippen LogP contribution in [0.3, 0.4) is 0 Å².